The molecule has 0 saturated heterocycles. The minimum atomic E-state index is -3.76. The Kier molecular flexibility index (Phi) is 6.93. The van der Waals surface area contributed by atoms with Gasteiger partial charge in [-0.05, 0) is 72.8 Å². The lowest BCUT2D eigenvalue weighted by Crippen LogP contribution is -2.20. The number of anilines is 2. The minimum Gasteiger partial charge on any atom is -0.484 e. The first kappa shape index (κ1) is 22.3. The summed E-state index contributed by atoms with van der Waals surface area (Å²) in [5.41, 5.74) is 6.42. The lowest BCUT2D eigenvalue weighted by atomic mass is 10.2. The van der Waals surface area contributed by atoms with Gasteiger partial charge < -0.3 is 15.8 Å². The number of carbonyl (C=O) groups excluding carboxylic acids is 2. The lowest BCUT2D eigenvalue weighted by molar-refractivity contribution is -0.118. The summed E-state index contributed by atoms with van der Waals surface area (Å²) in [6.07, 6.45) is 0. The van der Waals surface area contributed by atoms with E-state index in [-0.39, 0.29) is 11.5 Å². The van der Waals surface area contributed by atoms with Gasteiger partial charge in [-0.15, -0.1) is 0 Å². The van der Waals surface area contributed by atoms with Crippen LogP contribution in [0, 0.1) is 0 Å². The highest BCUT2D eigenvalue weighted by molar-refractivity contribution is 9.10. The van der Waals surface area contributed by atoms with E-state index in [0.29, 0.717) is 22.7 Å². The molecule has 0 saturated carbocycles. The molecule has 0 aliphatic heterocycles. The number of ether oxygens (including phenoxy) is 1. The van der Waals surface area contributed by atoms with Crippen LogP contribution in [0.25, 0.3) is 0 Å². The van der Waals surface area contributed by atoms with Gasteiger partial charge >= 0.3 is 0 Å². The fourth-order valence-electron chi connectivity index (χ4n) is 2.51. The van der Waals surface area contributed by atoms with Crippen LogP contribution in [0.4, 0.5) is 11.4 Å². The van der Waals surface area contributed by atoms with Crippen molar-refractivity contribution in [3.8, 4) is 5.75 Å². The van der Waals surface area contributed by atoms with Crippen LogP contribution < -0.4 is 20.5 Å². The molecular weight excluding hydrogens is 486 g/mol. The standard InChI is InChI=1S/C21H18BrN3O5S/c22-15-3-7-17(8-4-15)25-31(28,29)19-11-9-18(10-12-19)30-13-20(26)24-16-5-1-14(2-6-16)21(23)27/h1-12,25H,13H2,(H2,23,27)(H,24,26). The molecule has 0 radical (unpaired) electrons. The number of sulfonamides is 1. The van der Waals surface area contributed by atoms with Crippen molar-refractivity contribution in [3.63, 3.8) is 0 Å². The van der Waals surface area contributed by atoms with Crippen LogP contribution in [-0.4, -0.2) is 26.8 Å². The highest BCUT2D eigenvalue weighted by Gasteiger charge is 2.14. The van der Waals surface area contributed by atoms with Crippen LogP contribution in [-0.2, 0) is 14.8 Å². The summed E-state index contributed by atoms with van der Waals surface area (Å²) >= 11 is 3.29. The van der Waals surface area contributed by atoms with E-state index in [0.717, 1.165) is 4.47 Å². The second-order valence-electron chi connectivity index (χ2n) is 6.36. The minimum absolute atomic E-state index is 0.0572. The molecule has 8 nitrogen and oxygen atoms in total. The van der Waals surface area contributed by atoms with Crippen molar-refractivity contribution in [1.82, 2.24) is 0 Å². The van der Waals surface area contributed by atoms with Crippen molar-refractivity contribution in [3.05, 3.63) is 82.8 Å². The molecule has 0 aromatic heterocycles. The maximum Gasteiger partial charge on any atom is 0.262 e. The van der Waals surface area contributed by atoms with Crippen molar-refractivity contribution in [2.75, 3.05) is 16.6 Å². The number of amides is 2. The number of hydrogen-bond acceptors (Lipinski definition) is 5. The highest BCUT2D eigenvalue weighted by Crippen LogP contribution is 2.21. The molecule has 160 valence electrons. The first-order valence-electron chi connectivity index (χ1n) is 8.94. The molecule has 0 bridgehead atoms. The third-order valence-corrected chi connectivity index (χ3v) is 5.98. The first-order valence-corrected chi connectivity index (χ1v) is 11.2. The molecule has 0 aliphatic carbocycles. The number of carbonyl (C=O) groups is 2. The average molecular weight is 504 g/mol. The van der Waals surface area contributed by atoms with E-state index in [1.807, 2.05) is 0 Å². The lowest BCUT2D eigenvalue weighted by Gasteiger charge is -2.10. The van der Waals surface area contributed by atoms with E-state index in [2.05, 4.69) is 26.0 Å². The van der Waals surface area contributed by atoms with Crippen molar-refractivity contribution in [1.29, 1.82) is 0 Å². The normalized spacial score (nSPS) is 10.9. The molecule has 3 aromatic rings. The van der Waals surface area contributed by atoms with Gasteiger partial charge in [0.2, 0.25) is 5.91 Å². The fraction of sp³-hybridized carbons (Fsp3) is 0.0476. The summed E-state index contributed by atoms with van der Waals surface area (Å²) in [5, 5.41) is 2.62. The van der Waals surface area contributed by atoms with Crippen molar-refractivity contribution in [2.24, 2.45) is 5.73 Å². The Morgan fingerprint density at radius 2 is 1.45 bits per heavy atom. The topological polar surface area (TPSA) is 128 Å². The summed E-state index contributed by atoms with van der Waals surface area (Å²) in [6, 6.07) is 18.5. The van der Waals surface area contributed by atoms with E-state index in [1.54, 1.807) is 36.4 Å². The Bertz CT molecular complexity index is 1180. The fourth-order valence-corrected chi connectivity index (χ4v) is 3.83. The van der Waals surface area contributed by atoms with Crippen LogP contribution in [0.1, 0.15) is 10.4 Å². The van der Waals surface area contributed by atoms with Gasteiger partial charge in [-0.3, -0.25) is 14.3 Å². The van der Waals surface area contributed by atoms with Gasteiger partial charge in [0.1, 0.15) is 5.75 Å². The highest BCUT2D eigenvalue weighted by atomic mass is 79.9. The van der Waals surface area contributed by atoms with Gasteiger partial charge in [-0.2, -0.15) is 0 Å². The first-order chi connectivity index (χ1) is 14.7. The summed E-state index contributed by atoms with van der Waals surface area (Å²) in [7, 11) is -3.76. The predicted octanol–water partition coefficient (Wildman–Crippen LogP) is 3.37. The third kappa shape index (κ3) is 6.30. The Morgan fingerprint density at radius 1 is 0.871 bits per heavy atom. The van der Waals surface area contributed by atoms with Gasteiger partial charge in [0.25, 0.3) is 15.9 Å². The van der Waals surface area contributed by atoms with E-state index in [9.17, 15) is 18.0 Å². The van der Waals surface area contributed by atoms with Crippen LogP contribution in [0.15, 0.2) is 82.2 Å². The molecule has 4 N–H and O–H groups in total. The average Bonchev–Trinajstić information content (AvgIpc) is 2.74. The molecule has 0 spiro atoms. The summed E-state index contributed by atoms with van der Waals surface area (Å²) < 4.78 is 33.7. The van der Waals surface area contributed by atoms with Gasteiger partial charge in [0.15, 0.2) is 6.61 Å². The molecular formula is C21H18BrN3O5S. The predicted molar refractivity (Wildman–Crippen MR) is 120 cm³/mol. The number of rotatable bonds is 8. The van der Waals surface area contributed by atoms with Crippen LogP contribution in [0.3, 0.4) is 0 Å². The summed E-state index contributed by atoms with van der Waals surface area (Å²) in [6.45, 7) is -0.277. The maximum atomic E-state index is 12.5. The molecule has 0 atom stereocenters. The number of hydrogen-bond donors (Lipinski definition) is 3. The Morgan fingerprint density at radius 3 is 2.03 bits per heavy atom. The zero-order valence-electron chi connectivity index (χ0n) is 16.0. The number of nitrogens with two attached hydrogens (primary N) is 1. The van der Waals surface area contributed by atoms with Gasteiger partial charge in [0, 0.05) is 21.4 Å². The Hall–Kier alpha value is -3.37. The third-order valence-electron chi connectivity index (χ3n) is 4.05. The Labute approximate surface area is 187 Å². The molecule has 2 amide bonds. The Balaban J connectivity index is 1.55. The quantitative estimate of drug-likeness (QED) is 0.434. The second-order valence-corrected chi connectivity index (χ2v) is 8.96. The molecule has 3 rings (SSSR count). The van der Waals surface area contributed by atoms with E-state index >= 15 is 0 Å². The smallest absolute Gasteiger partial charge is 0.262 e. The maximum absolute atomic E-state index is 12.5. The molecule has 0 fully saturated rings. The SMILES string of the molecule is NC(=O)c1ccc(NC(=O)COc2ccc(S(=O)(=O)Nc3ccc(Br)cc3)cc2)cc1. The monoisotopic (exact) mass is 503 g/mol. The molecule has 31 heavy (non-hydrogen) atoms. The van der Waals surface area contributed by atoms with E-state index < -0.39 is 21.8 Å². The zero-order valence-corrected chi connectivity index (χ0v) is 18.4. The van der Waals surface area contributed by atoms with Crippen molar-refractivity contribution < 1.29 is 22.7 Å². The zero-order chi connectivity index (χ0) is 22.4. The summed E-state index contributed by atoms with van der Waals surface area (Å²) in [5.74, 6) is -0.638. The van der Waals surface area contributed by atoms with Gasteiger partial charge in [-0.1, -0.05) is 15.9 Å². The summed E-state index contributed by atoms with van der Waals surface area (Å²) in [4.78, 5) is 23.1. The second kappa shape index (κ2) is 9.63. The molecule has 3 aromatic carbocycles. The molecule has 10 heteroatoms. The van der Waals surface area contributed by atoms with Crippen molar-refractivity contribution >= 4 is 49.1 Å². The molecule has 0 unspecified atom stereocenters. The van der Waals surface area contributed by atoms with E-state index in [4.69, 9.17) is 10.5 Å². The number of nitrogens with one attached hydrogen (secondary N) is 2. The molecule has 0 heterocycles. The van der Waals surface area contributed by atoms with E-state index in [1.165, 1.54) is 36.4 Å². The van der Waals surface area contributed by atoms with Crippen LogP contribution in [0.5, 0.6) is 5.75 Å². The largest absolute Gasteiger partial charge is 0.484 e. The number of primary amides is 1. The van der Waals surface area contributed by atoms with Gasteiger partial charge in [-0.25, -0.2) is 8.42 Å². The molecule has 0 aliphatic rings. The number of benzene rings is 3. The van der Waals surface area contributed by atoms with Gasteiger partial charge in [0.05, 0.1) is 4.90 Å². The van der Waals surface area contributed by atoms with Crippen LogP contribution in [0.2, 0.25) is 0 Å². The van der Waals surface area contributed by atoms with Crippen molar-refractivity contribution in [2.45, 2.75) is 4.90 Å². The van der Waals surface area contributed by atoms with Crippen LogP contribution >= 0.6 is 15.9 Å². The number of halogens is 1.